The molecule has 0 fully saturated rings. The number of aromatic nitrogens is 1. The fourth-order valence-electron chi connectivity index (χ4n) is 2.94. The Morgan fingerprint density at radius 1 is 0.838 bits per heavy atom. The van der Waals surface area contributed by atoms with E-state index >= 15 is 0 Å². The molecule has 0 aliphatic rings. The third kappa shape index (κ3) is 8.03. The third-order valence-electron chi connectivity index (χ3n) is 4.93. The van der Waals surface area contributed by atoms with Crippen LogP contribution in [-0.4, -0.2) is 25.5 Å². The minimum absolute atomic E-state index is 0.235. The van der Waals surface area contributed by atoms with Gasteiger partial charge in [0.25, 0.3) is 0 Å². The largest absolute Gasteiger partial charge is 0.497 e. The van der Waals surface area contributed by atoms with E-state index in [0.29, 0.717) is 17.5 Å². The lowest BCUT2D eigenvalue weighted by atomic mass is 10.2. The van der Waals surface area contributed by atoms with Gasteiger partial charge in [-0.05, 0) is 84.9 Å². The Bertz CT molecular complexity index is 1460. The molecule has 4 aromatic carbocycles. The Kier molecular flexibility index (Phi) is 10.00. The summed E-state index contributed by atoms with van der Waals surface area (Å²) in [5.74, 6) is 1.04. The van der Waals surface area contributed by atoms with Crippen LogP contribution in [0.2, 0.25) is 0 Å². The average molecular weight is 539 g/mol. The lowest BCUT2D eigenvalue weighted by Gasteiger charge is -2.01. The molecule has 5 rings (SSSR count). The van der Waals surface area contributed by atoms with E-state index in [1.807, 2.05) is 18.2 Å². The van der Waals surface area contributed by atoms with Gasteiger partial charge in [-0.2, -0.15) is 0 Å². The highest BCUT2D eigenvalue weighted by Crippen LogP contribution is 2.32. The van der Waals surface area contributed by atoms with Gasteiger partial charge in [-0.1, -0.05) is 0 Å². The number of nitrogen functional groups attached to an aromatic ring is 1. The van der Waals surface area contributed by atoms with Crippen LogP contribution in [0.25, 0.3) is 20.8 Å². The Hall–Kier alpha value is -3.95. The first kappa shape index (κ1) is 27.6. The number of ether oxygens (including phenoxy) is 2. The number of carbonyl (C=O) groups is 1. The first-order valence-corrected chi connectivity index (χ1v) is 12.1. The van der Waals surface area contributed by atoms with Gasteiger partial charge in [0.2, 0.25) is 0 Å². The zero-order valence-electron chi connectivity index (χ0n) is 20.0. The maximum atomic E-state index is 12.9. The van der Waals surface area contributed by atoms with Gasteiger partial charge in [0.15, 0.2) is 0 Å². The summed E-state index contributed by atoms with van der Waals surface area (Å²) in [4.78, 5) is 15.3. The van der Waals surface area contributed by atoms with Crippen LogP contribution in [0.3, 0.4) is 0 Å². The predicted octanol–water partition coefficient (Wildman–Crippen LogP) is 7.32. The molecule has 2 N–H and O–H groups in total. The highest BCUT2D eigenvalue weighted by atomic mass is 32.1. The van der Waals surface area contributed by atoms with Crippen molar-refractivity contribution in [3.8, 4) is 22.1 Å². The number of carbonyl (C=O) groups excluding carboxylic acids is 1. The van der Waals surface area contributed by atoms with E-state index in [-0.39, 0.29) is 11.6 Å². The maximum absolute atomic E-state index is 12.9. The van der Waals surface area contributed by atoms with Crippen LogP contribution >= 0.6 is 24.0 Å². The van der Waals surface area contributed by atoms with Crippen molar-refractivity contribution in [2.45, 2.75) is 4.90 Å². The van der Waals surface area contributed by atoms with Crippen LogP contribution in [0, 0.1) is 11.6 Å². The SMILES string of the molecule is COc1ccc(N)c(S)c1.COc1ccc2nc(-c3ccc(F)cc3)sc2c1.O=Cc1ccc(F)cc1. The predicted molar refractivity (Wildman–Crippen MR) is 148 cm³/mol. The molecule has 0 amide bonds. The summed E-state index contributed by atoms with van der Waals surface area (Å²) in [5, 5.41) is 0.887. The van der Waals surface area contributed by atoms with Crippen molar-refractivity contribution in [3.05, 3.63) is 102 Å². The molecule has 5 aromatic rings. The van der Waals surface area contributed by atoms with E-state index in [2.05, 4.69) is 17.6 Å². The van der Waals surface area contributed by atoms with Crippen LogP contribution in [0.1, 0.15) is 10.4 Å². The standard InChI is InChI=1S/C14H10FNOS.C7H5FO.C7H9NOS/c1-17-11-6-7-12-13(8-11)18-14(16-12)9-2-4-10(15)5-3-9;8-7-3-1-6(5-9)2-4-7;1-9-5-2-3-6(8)7(10)4-5/h2-8H,1H3;1-5H;2-4,10H,8H2,1H3. The van der Waals surface area contributed by atoms with Gasteiger partial charge in [-0.25, -0.2) is 13.8 Å². The number of benzene rings is 4. The summed E-state index contributed by atoms with van der Waals surface area (Å²) in [5.41, 5.74) is 8.54. The van der Waals surface area contributed by atoms with Crippen molar-refractivity contribution in [1.82, 2.24) is 4.98 Å². The number of fused-ring (bicyclic) bond motifs is 1. The fourth-order valence-corrected chi connectivity index (χ4v) is 4.14. The number of nitrogens with two attached hydrogens (primary N) is 1. The first-order valence-electron chi connectivity index (χ1n) is 10.9. The van der Waals surface area contributed by atoms with Crippen molar-refractivity contribution >= 4 is 46.2 Å². The molecule has 37 heavy (non-hydrogen) atoms. The lowest BCUT2D eigenvalue weighted by Crippen LogP contribution is -1.88. The molecule has 0 aliphatic carbocycles. The van der Waals surface area contributed by atoms with Gasteiger partial charge in [0.1, 0.15) is 34.4 Å². The second kappa shape index (κ2) is 13.4. The number of halogens is 2. The summed E-state index contributed by atoms with van der Waals surface area (Å²) in [6, 6.07) is 22.9. The smallest absolute Gasteiger partial charge is 0.150 e. The number of nitrogens with zero attached hydrogens (tertiary/aromatic N) is 1. The molecule has 0 aliphatic heterocycles. The van der Waals surface area contributed by atoms with E-state index in [1.54, 1.807) is 55.9 Å². The van der Waals surface area contributed by atoms with Crippen LogP contribution < -0.4 is 15.2 Å². The highest BCUT2D eigenvalue weighted by molar-refractivity contribution is 7.80. The second-order valence-corrected chi connectivity index (χ2v) is 8.97. The first-order chi connectivity index (χ1) is 17.8. The summed E-state index contributed by atoms with van der Waals surface area (Å²) in [6.07, 6.45) is 0.680. The second-order valence-electron chi connectivity index (χ2n) is 7.45. The normalized spacial score (nSPS) is 9.97. The molecule has 0 radical (unpaired) electrons. The number of hydrogen-bond donors (Lipinski definition) is 2. The molecule has 0 unspecified atom stereocenters. The Morgan fingerprint density at radius 3 is 1.97 bits per heavy atom. The van der Waals surface area contributed by atoms with Crippen molar-refractivity contribution in [1.29, 1.82) is 0 Å². The van der Waals surface area contributed by atoms with E-state index in [4.69, 9.17) is 15.2 Å². The highest BCUT2D eigenvalue weighted by Gasteiger charge is 2.07. The third-order valence-corrected chi connectivity index (χ3v) is 6.39. The Morgan fingerprint density at radius 2 is 1.41 bits per heavy atom. The molecule has 9 heteroatoms. The molecular weight excluding hydrogens is 514 g/mol. The monoisotopic (exact) mass is 538 g/mol. The summed E-state index contributed by atoms with van der Waals surface area (Å²) in [7, 11) is 3.25. The number of hydrogen-bond acceptors (Lipinski definition) is 7. The number of anilines is 1. The van der Waals surface area contributed by atoms with Crippen LogP contribution in [-0.2, 0) is 0 Å². The van der Waals surface area contributed by atoms with Crippen LogP contribution in [0.15, 0.2) is 89.8 Å². The number of methoxy groups -OCH3 is 2. The van der Waals surface area contributed by atoms with E-state index in [0.717, 1.165) is 37.2 Å². The number of thiazole rings is 1. The summed E-state index contributed by atoms with van der Waals surface area (Å²) >= 11 is 5.69. The number of aldehydes is 1. The van der Waals surface area contributed by atoms with Gasteiger partial charge in [-0.15, -0.1) is 24.0 Å². The molecule has 0 bridgehead atoms. The van der Waals surface area contributed by atoms with Gasteiger partial charge < -0.3 is 15.2 Å². The zero-order valence-corrected chi connectivity index (χ0v) is 21.7. The molecule has 1 aromatic heterocycles. The van der Waals surface area contributed by atoms with Crippen molar-refractivity contribution in [2.24, 2.45) is 0 Å². The Labute approximate surface area is 222 Å². The quantitative estimate of drug-likeness (QED) is 0.143. The molecule has 5 nitrogen and oxygen atoms in total. The molecule has 0 saturated heterocycles. The fraction of sp³-hybridized carbons (Fsp3) is 0.0714. The molecule has 0 atom stereocenters. The topological polar surface area (TPSA) is 74.4 Å². The van der Waals surface area contributed by atoms with E-state index < -0.39 is 0 Å². The lowest BCUT2D eigenvalue weighted by molar-refractivity contribution is 0.112. The van der Waals surface area contributed by atoms with Crippen LogP contribution in [0.5, 0.6) is 11.5 Å². The molecule has 190 valence electrons. The van der Waals surface area contributed by atoms with Gasteiger partial charge in [0.05, 0.1) is 24.4 Å². The summed E-state index contributed by atoms with van der Waals surface area (Å²) in [6.45, 7) is 0. The molecule has 1 heterocycles. The van der Waals surface area contributed by atoms with Crippen molar-refractivity contribution < 1.29 is 23.0 Å². The minimum atomic E-state index is -0.319. The summed E-state index contributed by atoms with van der Waals surface area (Å²) < 4.78 is 36.2. The van der Waals surface area contributed by atoms with E-state index in [1.165, 1.54) is 36.4 Å². The van der Waals surface area contributed by atoms with Crippen molar-refractivity contribution in [2.75, 3.05) is 20.0 Å². The maximum Gasteiger partial charge on any atom is 0.150 e. The molecule has 0 saturated carbocycles. The van der Waals surface area contributed by atoms with Gasteiger partial charge in [-0.3, -0.25) is 4.79 Å². The molecular formula is C28H24F2N2O3S2. The van der Waals surface area contributed by atoms with Crippen molar-refractivity contribution in [3.63, 3.8) is 0 Å². The number of thiol groups is 1. The van der Waals surface area contributed by atoms with Crippen LogP contribution in [0.4, 0.5) is 14.5 Å². The zero-order chi connectivity index (χ0) is 26.8. The van der Waals surface area contributed by atoms with E-state index in [9.17, 15) is 13.6 Å². The van der Waals surface area contributed by atoms with Gasteiger partial charge in [0, 0.05) is 21.7 Å². The van der Waals surface area contributed by atoms with Gasteiger partial charge >= 0.3 is 0 Å². The average Bonchev–Trinajstić information content (AvgIpc) is 3.35. The molecule has 0 spiro atoms. The minimum Gasteiger partial charge on any atom is -0.497 e. The Balaban J connectivity index is 0.000000170. The number of rotatable bonds is 4.